The highest BCUT2D eigenvalue weighted by Crippen LogP contribution is 2.48. The third-order valence-electron chi connectivity index (χ3n) is 2.33. The van der Waals surface area contributed by atoms with Crippen LogP contribution in [0, 0.1) is 6.07 Å². The summed E-state index contributed by atoms with van der Waals surface area (Å²) in [6.07, 6.45) is 1.55. The van der Waals surface area contributed by atoms with Crippen LogP contribution in [0.3, 0.4) is 0 Å². The highest BCUT2D eigenvalue weighted by atomic mass is 32.2. The van der Waals surface area contributed by atoms with Gasteiger partial charge in [-0.3, -0.25) is 0 Å². The summed E-state index contributed by atoms with van der Waals surface area (Å²) < 4.78 is 21.3. The van der Waals surface area contributed by atoms with Crippen LogP contribution in [0.5, 0.6) is 0 Å². The van der Waals surface area contributed by atoms with E-state index in [2.05, 4.69) is 6.07 Å². The molecule has 2 nitrogen and oxygen atoms in total. The summed E-state index contributed by atoms with van der Waals surface area (Å²) in [5.41, 5.74) is 0.914. The van der Waals surface area contributed by atoms with E-state index in [9.17, 15) is 8.42 Å². The topological polar surface area (TPSA) is 34.1 Å². The average molecular weight is 181 g/mol. The maximum absolute atomic E-state index is 10.9. The Morgan fingerprint density at radius 2 is 1.83 bits per heavy atom. The molecule has 1 fully saturated rings. The van der Waals surface area contributed by atoms with Crippen molar-refractivity contribution >= 4 is 10.7 Å². The van der Waals surface area contributed by atoms with Gasteiger partial charge in [-0.2, -0.15) is 0 Å². The lowest BCUT2D eigenvalue weighted by Crippen LogP contribution is -2.07. The predicted molar refractivity (Wildman–Crippen MR) is 46.5 cm³/mol. The molecular weight excluding hydrogens is 172 g/mol. The molecule has 1 saturated carbocycles. The summed E-state index contributed by atoms with van der Waals surface area (Å²) in [4.78, 5) is 0. The van der Waals surface area contributed by atoms with Crippen LogP contribution in [0.1, 0.15) is 18.4 Å². The van der Waals surface area contributed by atoms with Gasteiger partial charge in [-0.25, -0.2) is 8.42 Å². The maximum Gasteiger partial charge on any atom is 0.150 e. The molecule has 0 bridgehead atoms. The molecule has 3 heteroatoms. The molecular formula is C9H9O2S. The zero-order valence-corrected chi connectivity index (χ0v) is 7.38. The van der Waals surface area contributed by atoms with Crippen molar-refractivity contribution in [3.63, 3.8) is 0 Å². The Morgan fingerprint density at radius 1 is 1.25 bits per heavy atom. The minimum Gasteiger partial charge on any atom is -0.231 e. The van der Waals surface area contributed by atoms with Crippen molar-refractivity contribution in [3.05, 3.63) is 35.9 Å². The number of hydrogen-bond acceptors (Lipinski definition) is 2. The standard InChI is InChI=1S/C9H9O2S/c10-12(11)9(6-7-9)8-4-2-1-3-5-8/h2-5,12H,6-7H2. The van der Waals surface area contributed by atoms with E-state index in [0.717, 1.165) is 18.4 Å². The van der Waals surface area contributed by atoms with Crippen LogP contribution in [0.4, 0.5) is 0 Å². The van der Waals surface area contributed by atoms with Crippen LogP contribution < -0.4 is 0 Å². The van der Waals surface area contributed by atoms with Crippen LogP contribution in [0.15, 0.2) is 24.3 Å². The van der Waals surface area contributed by atoms with Gasteiger partial charge >= 0.3 is 0 Å². The number of rotatable bonds is 2. The van der Waals surface area contributed by atoms with Gasteiger partial charge in [0.15, 0.2) is 0 Å². The fraction of sp³-hybridized carbons (Fsp3) is 0.333. The molecule has 0 amide bonds. The predicted octanol–water partition coefficient (Wildman–Crippen LogP) is 1.09. The maximum atomic E-state index is 10.9. The molecule has 1 radical (unpaired) electrons. The third kappa shape index (κ3) is 1.05. The second-order valence-corrected chi connectivity index (χ2v) is 4.45. The zero-order chi connectivity index (χ0) is 8.60. The lowest BCUT2D eigenvalue weighted by Gasteiger charge is -2.05. The van der Waals surface area contributed by atoms with E-state index in [1.807, 2.05) is 12.1 Å². The molecule has 0 aromatic heterocycles. The first-order valence-electron chi connectivity index (χ1n) is 3.87. The van der Waals surface area contributed by atoms with E-state index in [0.29, 0.717) is 0 Å². The Morgan fingerprint density at radius 3 is 2.25 bits per heavy atom. The molecule has 0 unspecified atom stereocenters. The smallest absolute Gasteiger partial charge is 0.150 e. The summed E-state index contributed by atoms with van der Waals surface area (Å²) in [5.74, 6) is 0. The number of thiol groups is 1. The highest BCUT2D eigenvalue weighted by molar-refractivity contribution is 7.74. The van der Waals surface area contributed by atoms with Crippen molar-refractivity contribution < 1.29 is 8.42 Å². The molecule has 2 rings (SSSR count). The molecule has 0 heterocycles. The molecule has 63 valence electrons. The summed E-state index contributed by atoms with van der Waals surface area (Å²) in [5, 5.41) is 0. The summed E-state index contributed by atoms with van der Waals surface area (Å²) in [6.45, 7) is 0. The van der Waals surface area contributed by atoms with Crippen molar-refractivity contribution in [2.24, 2.45) is 0 Å². The third-order valence-corrected chi connectivity index (χ3v) is 3.73. The van der Waals surface area contributed by atoms with Gasteiger partial charge in [-0.15, -0.1) is 0 Å². The normalized spacial score (nSPS) is 19.4. The highest BCUT2D eigenvalue weighted by Gasteiger charge is 2.47. The summed E-state index contributed by atoms with van der Waals surface area (Å²) in [6, 6.07) is 10.1. The summed E-state index contributed by atoms with van der Waals surface area (Å²) in [7, 11) is -2.32. The molecule has 12 heavy (non-hydrogen) atoms. The molecule has 0 aliphatic heterocycles. The van der Waals surface area contributed by atoms with E-state index in [1.165, 1.54) is 0 Å². The van der Waals surface area contributed by atoms with Crippen LogP contribution >= 0.6 is 0 Å². The van der Waals surface area contributed by atoms with E-state index in [4.69, 9.17) is 0 Å². The fourth-order valence-electron chi connectivity index (χ4n) is 1.39. The first kappa shape index (κ1) is 7.80. The van der Waals surface area contributed by atoms with E-state index in [-0.39, 0.29) is 0 Å². The molecule has 1 aliphatic rings. The lowest BCUT2D eigenvalue weighted by molar-refractivity contribution is 0.600. The van der Waals surface area contributed by atoms with Gasteiger partial charge in [0.05, 0.1) is 4.75 Å². The number of hydrogen-bond donors (Lipinski definition) is 1. The van der Waals surface area contributed by atoms with Crippen molar-refractivity contribution in [2.75, 3.05) is 0 Å². The first-order valence-corrected chi connectivity index (χ1v) is 5.04. The van der Waals surface area contributed by atoms with Gasteiger partial charge in [0.25, 0.3) is 0 Å². The molecule has 1 aliphatic carbocycles. The Balaban J connectivity index is 2.44. The second-order valence-electron chi connectivity index (χ2n) is 3.08. The zero-order valence-electron chi connectivity index (χ0n) is 6.49. The van der Waals surface area contributed by atoms with Crippen molar-refractivity contribution in [1.82, 2.24) is 0 Å². The van der Waals surface area contributed by atoms with Crippen LogP contribution in [-0.4, -0.2) is 8.42 Å². The molecule has 1 aromatic carbocycles. The van der Waals surface area contributed by atoms with E-state index in [1.54, 1.807) is 12.1 Å². The lowest BCUT2D eigenvalue weighted by atomic mass is 10.1. The molecule has 0 N–H and O–H groups in total. The van der Waals surface area contributed by atoms with Crippen LogP contribution in [0.2, 0.25) is 0 Å². The monoisotopic (exact) mass is 181 g/mol. The molecule has 0 atom stereocenters. The molecule has 1 aromatic rings. The Bertz CT molecular complexity index is 342. The first-order chi connectivity index (χ1) is 5.76. The van der Waals surface area contributed by atoms with E-state index < -0.39 is 15.5 Å². The Kier molecular flexibility index (Phi) is 1.68. The SMILES string of the molecule is O=[SH](=O)C1(c2cc[c]cc2)CC1. The summed E-state index contributed by atoms with van der Waals surface area (Å²) >= 11 is 0. The van der Waals surface area contributed by atoms with Crippen LogP contribution in [0.25, 0.3) is 0 Å². The van der Waals surface area contributed by atoms with Gasteiger partial charge in [0.1, 0.15) is 10.7 Å². The quantitative estimate of drug-likeness (QED) is 0.693. The van der Waals surface area contributed by atoms with Gasteiger partial charge in [0, 0.05) is 0 Å². The van der Waals surface area contributed by atoms with Crippen molar-refractivity contribution in [3.8, 4) is 0 Å². The van der Waals surface area contributed by atoms with Gasteiger partial charge in [0.2, 0.25) is 0 Å². The Labute approximate surface area is 73.2 Å². The van der Waals surface area contributed by atoms with Gasteiger partial charge < -0.3 is 0 Å². The molecule has 0 spiro atoms. The largest absolute Gasteiger partial charge is 0.231 e. The van der Waals surface area contributed by atoms with E-state index >= 15 is 0 Å². The molecule has 0 saturated heterocycles. The average Bonchev–Trinajstić information content (AvgIpc) is 2.86. The van der Waals surface area contributed by atoms with Crippen molar-refractivity contribution in [2.45, 2.75) is 17.6 Å². The second kappa shape index (κ2) is 2.59. The van der Waals surface area contributed by atoms with Crippen LogP contribution in [-0.2, 0) is 15.5 Å². The minimum atomic E-state index is -2.32. The van der Waals surface area contributed by atoms with Gasteiger partial charge in [-0.1, -0.05) is 24.3 Å². The number of benzene rings is 1. The Hall–Kier alpha value is -0.830. The minimum absolute atomic E-state index is 0.523. The van der Waals surface area contributed by atoms with Gasteiger partial charge in [-0.05, 0) is 24.5 Å². The van der Waals surface area contributed by atoms with Crippen molar-refractivity contribution in [1.29, 1.82) is 0 Å². The fourth-order valence-corrected chi connectivity index (χ4v) is 2.23.